The minimum absolute atomic E-state index is 0.0160. The predicted molar refractivity (Wildman–Crippen MR) is 124 cm³/mol. The number of benzene rings is 1. The Morgan fingerprint density at radius 1 is 1.26 bits per heavy atom. The van der Waals surface area contributed by atoms with Crippen LogP contribution in [0.15, 0.2) is 36.4 Å². The van der Waals surface area contributed by atoms with Crippen LogP contribution >= 0.6 is 11.3 Å². The summed E-state index contributed by atoms with van der Waals surface area (Å²) in [5, 5.41) is 7.44. The van der Waals surface area contributed by atoms with E-state index in [0.29, 0.717) is 17.1 Å². The molecule has 162 valence electrons. The molecule has 1 aromatic carbocycles. The van der Waals surface area contributed by atoms with Crippen molar-refractivity contribution in [2.24, 2.45) is 0 Å². The molecule has 1 amide bonds. The minimum Gasteiger partial charge on any atom is -0.306 e. The molecule has 2 aromatic heterocycles. The lowest BCUT2D eigenvalue weighted by Gasteiger charge is -2.32. The van der Waals surface area contributed by atoms with E-state index in [1.54, 1.807) is 10.7 Å². The summed E-state index contributed by atoms with van der Waals surface area (Å²) in [6.45, 7) is 6.32. The first-order chi connectivity index (χ1) is 14.6. The van der Waals surface area contributed by atoms with Crippen molar-refractivity contribution in [3.05, 3.63) is 58.1 Å². The first-order valence-corrected chi connectivity index (χ1v) is 13.1. The smallest absolute Gasteiger partial charge is 0.266 e. The van der Waals surface area contributed by atoms with Crippen molar-refractivity contribution in [2.45, 2.75) is 45.1 Å². The molecular formula is C23H25N3O3S2. The number of thiophene rings is 1. The molecule has 0 radical (unpaired) electrons. The van der Waals surface area contributed by atoms with E-state index in [9.17, 15) is 13.2 Å². The number of fused-ring (bicyclic) bond motifs is 3. The van der Waals surface area contributed by atoms with Crippen LogP contribution in [0.4, 0.5) is 5.82 Å². The summed E-state index contributed by atoms with van der Waals surface area (Å²) in [5.41, 5.74) is 4.48. The van der Waals surface area contributed by atoms with Crippen LogP contribution in [0.3, 0.4) is 0 Å². The van der Waals surface area contributed by atoms with Crippen LogP contribution in [0, 0.1) is 6.92 Å². The van der Waals surface area contributed by atoms with E-state index in [1.807, 2.05) is 19.1 Å². The van der Waals surface area contributed by atoms with Gasteiger partial charge in [-0.2, -0.15) is 5.10 Å². The molecule has 5 rings (SSSR count). The molecule has 1 aliphatic carbocycles. The number of rotatable bonds is 3. The van der Waals surface area contributed by atoms with Gasteiger partial charge >= 0.3 is 0 Å². The number of hydrogen-bond acceptors (Lipinski definition) is 5. The third-order valence-corrected chi connectivity index (χ3v) is 9.18. The average Bonchev–Trinajstić information content (AvgIpc) is 3.38. The van der Waals surface area contributed by atoms with Gasteiger partial charge in [0.2, 0.25) is 0 Å². The van der Waals surface area contributed by atoms with Crippen LogP contribution in [-0.4, -0.2) is 35.6 Å². The number of amides is 1. The highest BCUT2D eigenvalue weighted by atomic mass is 32.2. The highest BCUT2D eigenvalue weighted by Gasteiger charge is 2.34. The van der Waals surface area contributed by atoms with Gasteiger partial charge in [0.25, 0.3) is 5.91 Å². The van der Waals surface area contributed by atoms with E-state index in [4.69, 9.17) is 0 Å². The van der Waals surface area contributed by atoms with Crippen LogP contribution in [0.1, 0.15) is 52.8 Å². The van der Waals surface area contributed by atoms with Crippen LogP contribution in [0.25, 0.3) is 10.4 Å². The van der Waals surface area contributed by atoms with Crippen molar-refractivity contribution in [2.75, 3.05) is 16.8 Å². The zero-order valence-electron chi connectivity index (χ0n) is 17.8. The summed E-state index contributed by atoms with van der Waals surface area (Å²) in [6.07, 6.45) is 1.41. The first kappa shape index (κ1) is 20.5. The number of nitrogens with one attached hydrogen (secondary N) is 1. The average molecular weight is 456 g/mol. The van der Waals surface area contributed by atoms with Gasteiger partial charge in [0.1, 0.15) is 5.82 Å². The third kappa shape index (κ3) is 3.61. The Kier molecular flexibility index (Phi) is 4.64. The molecule has 1 aliphatic heterocycles. The summed E-state index contributed by atoms with van der Waals surface area (Å²) in [4.78, 5) is 15.0. The maximum atomic E-state index is 13.1. The maximum absolute atomic E-state index is 13.1. The van der Waals surface area contributed by atoms with Gasteiger partial charge in [0.05, 0.1) is 28.1 Å². The molecule has 8 heteroatoms. The normalized spacial score (nSPS) is 20.8. The number of sulfone groups is 1. The number of hydrogen-bond donors (Lipinski definition) is 1. The van der Waals surface area contributed by atoms with E-state index >= 15 is 0 Å². The van der Waals surface area contributed by atoms with Gasteiger partial charge in [0, 0.05) is 10.9 Å². The lowest BCUT2D eigenvalue weighted by Crippen LogP contribution is -2.24. The van der Waals surface area contributed by atoms with Crippen molar-refractivity contribution >= 4 is 32.9 Å². The Hall–Kier alpha value is -2.45. The lowest BCUT2D eigenvalue weighted by atomic mass is 9.73. The molecule has 3 aromatic rings. The van der Waals surface area contributed by atoms with Gasteiger partial charge in [-0.25, -0.2) is 13.1 Å². The molecular weight excluding hydrogens is 430 g/mol. The zero-order chi connectivity index (χ0) is 22.0. The van der Waals surface area contributed by atoms with E-state index < -0.39 is 9.84 Å². The number of nitrogens with zero attached hydrogens (tertiary/aromatic N) is 2. The zero-order valence-corrected chi connectivity index (χ0v) is 19.4. The molecule has 0 saturated carbocycles. The lowest BCUT2D eigenvalue weighted by molar-refractivity contribution is 0.102. The van der Waals surface area contributed by atoms with Gasteiger partial charge in [-0.15, -0.1) is 11.3 Å². The largest absolute Gasteiger partial charge is 0.306 e. The number of anilines is 1. The fourth-order valence-corrected chi connectivity index (χ4v) is 7.58. The molecule has 1 saturated heterocycles. The molecule has 1 N–H and O–H groups in total. The Balaban J connectivity index is 1.45. The quantitative estimate of drug-likeness (QED) is 0.636. The second kappa shape index (κ2) is 7.03. The fourth-order valence-electron chi connectivity index (χ4n) is 4.78. The summed E-state index contributed by atoms with van der Waals surface area (Å²) < 4.78 is 25.5. The van der Waals surface area contributed by atoms with Crippen LogP contribution < -0.4 is 5.32 Å². The monoisotopic (exact) mass is 455 g/mol. The van der Waals surface area contributed by atoms with Crippen LogP contribution in [0.5, 0.6) is 0 Å². The number of aromatic nitrogens is 2. The summed E-state index contributed by atoms with van der Waals surface area (Å²) >= 11 is 1.51. The van der Waals surface area contributed by atoms with Crippen LogP contribution in [-0.2, 0) is 21.7 Å². The molecule has 31 heavy (non-hydrogen) atoms. The number of carbonyl (C=O) groups is 1. The third-order valence-electron chi connectivity index (χ3n) is 6.22. The Morgan fingerprint density at radius 2 is 2.03 bits per heavy atom. The molecule has 3 heterocycles. The summed E-state index contributed by atoms with van der Waals surface area (Å²) in [5.74, 6) is 0.598. The van der Waals surface area contributed by atoms with Crippen molar-refractivity contribution < 1.29 is 13.2 Å². The van der Waals surface area contributed by atoms with Gasteiger partial charge in [-0.1, -0.05) is 38.1 Å². The Morgan fingerprint density at radius 3 is 2.77 bits per heavy atom. The topological polar surface area (TPSA) is 81.1 Å². The van der Waals surface area contributed by atoms with Crippen molar-refractivity contribution in [1.82, 2.24) is 9.78 Å². The standard InChI is InChI=1S/C23H25N3O3S2/c1-14-10-20(26(25-14)16-8-9-31(28,29)13-16)24-22(27)19-11-15-12-23(2,3)18-7-5-4-6-17(18)21(15)30-19/h4-7,10-11,16H,8-9,12-13H2,1-3H3,(H,24,27). The maximum Gasteiger partial charge on any atom is 0.266 e. The molecule has 6 nitrogen and oxygen atoms in total. The van der Waals surface area contributed by atoms with Gasteiger partial charge in [-0.3, -0.25) is 4.79 Å². The van der Waals surface area contributed by atoms with E-state index in [2.05, 4.69) is 42.5 Å². The Bertz CT molecular complexity index is 1300. The molecule has 0 bridgehead atoms. The van der Waals surface area contributed by atoms with Gasteiger partial charge in [-0.05, 0) is 47.9 Å². The second-order valence-electron chi connectivity index (χ2n) is 9.20. The minimum atomic E-state index is -3.04. The summed E-state index contributed by atoms with van der Waals surface area (Å²) in [7, 11) is -3.04. The molecule has 0 spiro atoms. The molecule has 2 aliphatic rings. The summed E-state index contributed by atoms with van der Waals surface area (Å²) in [6, 6.07) is 12.0. The van der Waals surface area contributed by atoms with E-state index in [0.717, 1.165) is 17.0 Å². The molecule has 1 atom stereocenters. The fraction of sp³-hybridized carbons (Fsp3) is 0.391. The highest BCUT2D eigenvalue weighted by molar-refractivity contribution is 7.91. The highest BCUT2D eigenvalue weighted by Crippen LogP contribution is 2.46. The van der Waals surface area contributed by atoms with Gasteiger partial charge in [0.15, 0.2) is 9.84 Å². The number of carbonyl (C=O) groups excluding carboxylic acids is 1. The predicted octanol–water partition coefficient (Wildman–Crippen LogP) is 4.37. The van der Waals surface area contributed by atoms with Crippen molar-refractivity contribution in [3.8, 4) is 10.4 Å². The second-order valence-corrected chi connectivity index (χ2v) is 12.5. The van der Waals surface area contributed by atoms with Crippen molar-refractivity contribution in [3.63, 3.8) is 0 Å². The number of aryl methyl sites for hydroxylation is 1. The van der Waals surface area contributed by atoms with E-state index in [1.165, 1.54) is 28.0 Å². The molecule has 1 unspecified atom stereocenters. The Labute approximate surface area is 186 Å². The van der Waals surface area contributed by atoms with Gasteiger partial charge < -0.3 is 5.32 Å². The van der Waals surface area contributed by atoms with E-state index in [-0.39, 0.29) is 28.9 Å². The SMILES string of the molecule is Cc1cc(NC(=O)c2cc3c(s2)-c2ccccc2C(C)(C)C3)n(C2CCS(=O)(=O)C2)n1. The first-order valence-electron chi connectivity index (χ1n) is 10.4. The molecule has 1 fully saturated rings. The van der Waals surface area contributed by atoms with Crippen LogP contribution in [0.2, 0.25) is 0 Å². The van der Waals surface area contributed by atoms with Crippen molar-refractivity contribution in [1.29, 1.82) is 0 Å².